The lowest BCUT2D eigenvalue weighted by atomic mass is 9.87. The maximum atomic E-state index is 12.0. The number of carboxylic acid groups (broad SMARTS) is 1. The minimum absolute atomic E-state index is 0.0248. The Kier molecular flexibility index (Phi) is 4.21. The smallest absolute Gasteiger partial charge is 0.326 e. The van der Waals surface area contributed by atoms with Gasteiger partial charge >= 0.3 is 12.0 Å². The Hall–Kier alpha value is -2.04. The number of hydrogen-bond acceptors (Lipinski definition) is 2. The van der Waals surface area contributed by atoms with Gasteiger partial charge in [0.05, 0.1) is 0 Å². The van der Waals surface area contributed by atoms with Gasteiger partial charge in [0.15, 0.2) is 0 Å². The number of aliphatic carboxylic acids is 1. The number of rotatable bonds is 3. The summed E-state index contributed by atoms with van der Waals surface area (Å²) in [5, 5.41) is 14.6. The number of carbonyl (C=O) groups is 2. The number of amides is 2. The average Bonchev–Trinajstić information content (AvgIpc) is 2.76. The van der Waals surface area contributed by atoms with Crippen LogP contribution in [0.4, 0.5) is 4.79 Å². The summed E-state index contributed by atoms with van der Waals surface area (Å²) >= 11 is 0. The molecule has 5 nitrogen and oxygen atoms in total. The number of urea groups is 1. The highest BCUT2D eigenvalue weighted by Gasteiger charge is 2.33. The molecular formula is C16H22N2O3. The van der Waals surface area contributed by atoms with E-state index in [1.807, 2.05) is 12.1 Å². The molecule has 1 aliphatic carbocycles. The molecule has 0 aliphatic heterocycles. The average molecular weight is 290 g/mol. The third-order valence-electron chi connectivity index (χ3n) is 3.77. The summed E-state index contributed by atoms with van der Waals surface area (Å²) in [6.45, 7) is 5.37. The van der Waals surface area contributed by atoms with Crippen LogP contribution in [0, 0.1) is 5.41 Å². The van der Waals surface area contributed by atoms with Crippen LogP contribution in [0.1, 0.15) is 31.9 Å². The Morgan fingerprint density at radius 3 is 2.14 bits per heavy atom. The Bertz CT molecular complexity index is 524. The first-order valence-corrected chi connectivity index (χ1v) is 7.14. The van der Waals surface area contributed by atoms with E-state index in [1.165, 1.54) is 11.1 Å². The van der Waals surface area contributed by atoms with E-state index in [1.54, 1.807) is 20.8 Å². The second kappa shape index (κ2) is 5.76. The van der Waals surface area contributed by atoms with Crippen molar-refractivity contribution in [3.05, 3.63) is 35.4 Å². The maximum absolute atomic E-state index is 12.0. The number of hydrogen-bond donors (Lipinski definition) is 3. The molecule has 0 aromatic heterocycles. The van der Waals surface area contributed by atoms with E-state index in [4.69, 9.17) is 0 Å². The summed E-state index contributed by atoms with van der Waals surface area (Å²) in [4.78, 5) is 23.3. The predicted molar refractivity (Wildman–Crippen MR) is 80.2 cm³/mol. The van der Waals surface area contributed by atoms with Crippen molar-refractivity contribution in [1.29, 1.82) is 0 Å². The van der Waals surface area contributed by atoms with Crippen molar-refractivity contribution in [2.24, 2.45) is 5.41 Å². The van der Waals surface area contributed by atoms with Gasteiger partial charge in [-0.05, 0) is 29.4 Å². The lowest BCUT2D eigenvalue weighted by molar-refractivity contribution is -0.141. The van der Waals surface area contributed by atoms with Gasteiger partial charge in [0.2, 0.25) is 0 Å². The fraction of sp³-hybridized carbons (Fsp3) is 0.500. The third kappa shape index (κ3) is 3.74. The van der Waals surface area contributed by atoms with E-state index < -0.39 is 23.5 Å². The molecule has 0 bridgehead atoms. The zero-order chi connectivity index (χ0) is 15.6. The van der Waals surface area contributed by atoms with E-state index in [2.05, 4.69) is 22.8 Å². The van der Waals surface area contributed by atoms with Gasteiger partial charge in [0.1, 0.15) is 6.04 Å². The molecule has 0 saturated heterocycles. The van der Waals surface area contributed by atoms with Crippen LogP contribution in [0.3, 0.4) is 0 Å². The Morgan fingerprint density at radius 2 is 1.71 bits per heavy atom. The van der Waals surface area contributed by atoms with Crippen molar-refractivity contribution in [2.45, 2.75) is 45.7 Å². The van der Waals surface area contributed by atoms with Gasteiger partial charge in [-0.25, -0.2) is 9.59 Å². The highest BCUT2D eigenvalue weighted by Crippen LogP contribution is 2.22. The normalized spacial score (nSPS) is 16.1. The molecule has 3 N–H and O–H groups in total. The van der Waals surface area contributed by atoms with Crippen LogP contribution < -0.4 is 10.6 Å². The van der Waals surface area contributed by atoms with Crippen molar-refractivity contribution in [3.63, 3.8) is 0 Å². The quantitative estimate of drug-likeness (QED) is 0.796. The first-order chi connectivity index (χ1) is 9.77. The van der Waals surface area contributed by atoms with Crippen LogP contribution in [0.5, 0.6) is 0 Å². The van der Waals surface area contributed by atoms with E-state index in [0.29, 0.717) is 0 Å². The monoisotopic (exact) mass is 290 g/mol. The molecule has 1 atom stereocenters. The van der Waals surface area contributed by atoms with Crippen molar-refractivity contribution < 1.29 is 14.7 Å². The summed E-state index contributed by atoms with van der Waals surface area (Å²) in [6.07, 6.45) is 1.58. The molecule has 0 spiro atoms. The highest BCUT2D eigenvalue weighted by molar-refractivity contribution is 5.83. The maximum Gasteiger partial charge on any atom is 0.326 e. The SMILES string of the molecule is CC(C)(C)[C@@H](NC(=O)NC1Cc2ccccc2C1)C(=O)O. The van der Waals surface area contributed by atoms with E-state index in [0.717, 1.165) is 12.8 Å². The Labute approximate surface area is 124 Å². The van der Waals surface area contributed by atoms with Gasteiger partial charge in [0, 0.05) is 6.04 Å². The Morgan fingerprint density at radius 1 is 1.19 bits per heavy atom. The van der Waals surface area contributed by atoms with Gasteiger partial charge in [-0.3, -0.25) is 0 Å². The molecule has 114 valence electrons. The van der Waals surface area contributed by atoms with Gasteiger partial charge in [0.25, 0.3) is 0 Å². The predicted octanol–water partition coefficient (Wildman–Crippen LogP) is 1.95. The Balaban J connectivity index is 1.93. The number of carbonyl (C=O) groups excluding carboxylic acids is 1. The second-order valence-electron chi connectivity index (χ2n) is 6.63. The van der Waals surface area contributed by atoms with Crippen LogP contribution in [-0.2, 0) is 17.6 Å². The van der Waals surface area contributed by atoms with Crippen LogP contribution in [-0.4, -0.2) is 29.2 Å². The van der Waals surface area contributed by atoms with Gasteiger partial charge in [-0.1, -0.05) is 45.0 Å². The first-order valence-electron chi connectivity index (χ1n) is 7.14. The summed E-state index contributed by atoms with van der Waals surface area (Å²) in [7, 11) is 0. The molecule has 1 aromatic carbocycles. The lowest BCUT2D eigenvalue weighted by Gasteiger charge is -2.28. The topological polar surface area (TPSA) is 78.4 Å². The van der Waals surface area contributed by atoms with Crippen molar-refractivity contribution in [3.8, 4) is 0 Å². The highest BCUT2D eigenvalue weighted by atomic mass is 16.4. The fourth-order valence-corrected chi connectivity index (χ4v) is 2.67. The standard InChI is InChI=1S/C16H22N2O3/c1-16(2,3)13(14(19)20)18-15(21)17-12-8-10-6-4-5-7-11(10)9-12/h4-7,12-13H,8-9H2,1-3H3,(H,19,20)(H2,17,18,21)/t13-/m0/s1. The van der Waals surface area contributed by atoms with E-state index in [-0.39, 0.29) is 6.04 Å². The minimum atomic E-state index is -1.02. The molecule has 5 heteroatoms. The number of benzene rings is 1. The molecule has 0 unspecified atom stereocenters. The van der Waals surface area contributed by atoms with Crippen LogP contribution >= 0.6 is 0 Å². The molecule has 0 heterocycles. The molecule has 1 aromatic rings. The summed E-state index contributed by atoms with van der Waals surface area (Å²) < 4.78 is 0. The third-order valence-corrected chi connectivity index (χ3v) is 3.77. The van der Waals surface area contributed by atoms with Gasteiger partial charge < -0.3 is 15.7 Å². The number of fused-ring (bicyclic) bond motifs is 1. The number of carboxylic acids is 1. The van der Waals surface area contributed by atoms with Crippen molar-refractivity contribution >= 4 is 12.0 Å². The summed E-state index contributed by atoms with van der Waals surface area (Å²) in [5.74, 6) is -1.02. The zero-order valence-electron chi connectivity index (χ0n) is 12.6. The minimum Gasteiger partial charge on any atom is -0.480 e. The first kappa shape index (κ1) is 15.4. The largest absolute Gasteiger partial charge is 0.480 e. The molecule has 2 rings (SSSR count). The molecule has 0 radical (unpaired) electrons. The fourth-order valence-electron chi connectivity index (χ4n) is 2.67. The molecule has 0 fully saturated rings. The van der Waals surface area contributed by atoms with E-state index >= 15 is 0 Å². The van der Waals surface area contributed by atoms with Gasteiger partial charge in [-0.2, -0.15) is 0 Å². The summed E-state index contributed by atoms with van der Waals surface area (Å²) in [6, 6.07) is 6.78. The van der Waals surface area contributed by atoms with Crippen LogP contribution in [0.25, 0.3) is 0 Å². The van der Waals surface area contributed by atoms with Crippen molar-refractivity contribution in [1.82, 2.24) is 10.6 Å². The molecular weight excluding hydrogens is 268 g/mol. The van der Waals surface area contributed by atoms with Crippen LogP contribution in [0.2, 0.25) is 0 Å². The zero-order valence-corrected chi connectivity index (χ0v) is 12.6. The second-order valence-corrected chi connectivity index (χ2v) is 6.63. The molecule has 21 heavy (non-hydrogen) atoms. The lowest BCUT2D eigenvalue weighted by Crippen LogP contribution is -2.54. The van der Waals surface area contributed by atoms with Crippen LogP contribution in [0.15, 0.2) is 24.3 Å². The van der Waals surface area contributed by atoms with Gasteiger partial charge in [-0.15, -0.1) is 0 Å². The number of nitrogens with one attached hydrogen (secondary N) is 2. The van der Waals surface area contributed by atoms with Crippen molar-refractivity contribution in [2.75, 3.05) is 0 Å². The van der Waals surface area contributed by atoms with E-state index in [9.17, 15) is 14.7 Å². The molecule has 1 aliphatic rings. The summed E-state index contributed by atoms with van der Waals surface area (Å²) in [5.41, 5.74) is 1.95. The molecule has 0 saturated carbocycles. The molecule has 2 amide bonds.